The number of anilines is 1. The summed E-state index contributed by atoms with van der Waals surface area (Å²) in [4.78, 5) is 33.2. The molecule has 1 aliphatic carbocycles. The van der Waals surface area contributed by atoms with E-state index in [9.17, 15) is 46.1 Å². The first-order valence-electron chi connectivity index (χ1n) is 17.6. The van der Waals surface area contributed by atoms with E-state index in [-0.39, 0.29) is 49.0 Å². The number of para-hydroxylation sites is 1. The normalized spacial score (nSPS) is 21.7. The Morgan fingerprint density at radius 1 is 0.929 bits per heavy atom. The molecule has 16 heteroatoms. The van der Waals surface area contributed by atoms with Crippen LogP contribution in [0.25, 0.3) is 11.6 Å². The number of fused-ring (bicyclic) bond motifs is 3. The average molecular weight is 797 g/mol. The molecule has 2 amide bonds. The molecule has 56 heavy (non-hydrogen) atoms. The number of rotatable bonds is 9. The van der Waals surface area contributed by atoms with Gasteiger partial charge in [-0.25, -0.2) is 4.90 Å². The first kappa shape index (κ1) is 39.1. The number of ether oxygens (including phenoxy) is 1. The maximum atomic E-state index is 14.3. The zero-order chi connectivity index (χ0) is 39.9. The fraction of sp³-hybridized carbons (Fsp3) is 0.275. The van der Waals surface area contributed by atoms with Crippen molar-refractivity contribution >= 4 is 47.9 Å². The molecule has 2 saturated heterocycles. The predicted octanol–water partition coefficient (Wildman–Crippen LogP) is 8.88. The molecular weight excluding hydrogens is 765 g/mol. The quantitative estimate of drug-likeness (QED) is 0.0754. The van der Waals surface area contributed by atoms with Crippen molar-refractivity contribution in [2.45, 2.75) is 44.0 Å². The van der Waals surface area contributed by atoms with Crippen LogP contribution in [0.15, 0.2) is 102 Å². The molecule has 2 aliphatic heterocycles. The van der Waals surface area contributed by atoms with Crippen molar-refractivity contribution in [1.82, 2.24) is 4.98 Å². The van der Waals surface area contributed by atoms with E-state index in [4.69, 9.17) is 21.0 Å². The number of hydrogen-bond donors (Lipinski definition) is 2. The van der Waals surface area contributed by atoms with Crippen LogP contribution in [0, 0.1) is 17.8 Å². The Morgan fingerprint density at radius 3 is 2.27 bits per heavy atom. The number of imide groups is 1. The maximum Gasteiger partial charge on any atom is 0.455 e. The molecule has 3 aromatic carbocycles. The number of carbonyl (C=O) groups is 2. The summed E-state index contributed by atoms with van der Waals surface area (Å²) in [5, 5.41) is 21.3. The third kappa shape index (κ3) is 8.07. The molecule has 0 unspecified atom stereocenters. The minimum Gasteiger partial charge on any atom is -0.508 e. The molecule has 2 N–H and O–H groups in total. The smallest absolute Gasteiger partial charge is 0.455 e. The van der Waals surface area contributed by atoms with Gasteiger partial charge in [0.15, 0.2) is 0 Å². The number of pyridine rings is 1. The lowest BCUT2D eigenvalue weighted by molar-refractivity contribution is -0.143. The third-order valence-corrected chi connectivity index (χ3v) is 10.6. The highest BCUT2D eigenvalue weighted by molar-refractivity contribution is 6.43. The lowest BCUT2D eigenvalue weighted by Gasteiger charge is -2.43. The summed E-state index contributed by atoms with van der Waals surface area (Å²) < 4.78 is 95.3. The largest absolute Gasteiger partial charge is 0.508 e. The van der Waals surface area contributed by atoms with Crippen LogP contribution in [0.2, 0.25) is 11.3 Å². The van der Waals surface area contributed by atoms with Gasteiger partial charge in [0.05, 0.1) is 45.5 Å². The number of benzene rings is 3. The lowest BCUT2D eigenvalue weighted by Crippen LogP contribution is -2.46. The van der Waals surface area contributed by atoms with E-state index in [0.717, 1.165) is 0 Å². The van der Waals surface area contributed by atoms with Crippen molar-refractivity contribution in [3.63, 3.8) is 0 Å². The number of hydrogen-bond acceptors (Lipinski definition) is 7. The molecule has 0 bridgehead atoms. The van der Waals surface area contributed by atoms with Crippen LogP contribution in [0.1, 0.15) is 41.6 Å². The minimum atomic E-state index is -5.21. The third-order valence-electron chi connectivity index (χ3n) is 10.3. The highest BCUT2D eigenvalue weighted by atomic mass is 35.5. The van der Waals surface area contributed by atoms with Gasteiger partial charge in [0, 0.05) is 6.20 Å². The molecule has 3 heterocycles. The number of carbonyl (C=O) groups excluding carboxylic acids is 2. The summed E-state index contributed by atoms with van der Waals surface area (Å²) in [5.74, 6) is -4.72. The van der Waals surface area contributed by atoms with Crippen molar-refractivity contribution in [1.29, 1.82) is 0 Å². The fourth-order valence-electron chi connectivity index (χ4n) is 7.84. The standard InChI is InChI=1S/C40H32BClF6N2O6/c42-32-19-28(51)11-9-22(32)14-23(33-8-4-5-13-49-33)10-12-34-35-24(21-55-29-6-2-1-3-7-29)15-30-36(31(35)20-41(54)56-34)38(53)50(37(30)52)27-17-25(39(43,44)45)16-26(18-27)40(46,47)48/h1-9,11,13-14,16-19,30-31,34,36,51,54H,10,12,15,20-21H2/b23-14-/t30-,31+,34-,36-/m1/s1. The molecular formula is C40H32BClF6N2O6. The molecule has 0 radical (unpaired) electrons. The van der Waals surface area contributed by atoms with Crippen LogP contribution in [0.3, 0.4) is 0 Å². The van der Waals surface area contributed by atoms with E-state index in [2.05, 4.69) is 4.98 Å². The van der Waals surface area contributed by atoms with Crippen molar-refractivity contribution in [2.24, 2.45) is 17.8 Å². The second-order valence-electron chi connectivity index (χ2n) is 13.8. The average Bonchev–Trinajstić information content (AvgIpc) is 3.41. The highest BCUT2D eigenvalue weighted by Gasteiger charge is 2.58. The first-order chi connectivity index (χ1) is 26.6. The summed E-state index contributed by atoms with van der Waals surface area (Å²) in [6.07, 6.45) is -7.64. The number of amides is 2. The van der Waals surface area contributed by atoms with E-state index < -0.39 is 72.0 Å². The predicted molar refractivity (Wildman–Crippen MR) is 195 cm³/mol. The topological polar surface area (TPSA) is 109 Å². The number of halogens is 7. The number of nitrogens with zero attached hydrogens (tertiary/aromatic N) is 2. The van der Waals surface area contributed by atoms with Crippen LogP contribution in [0.5, 0.6) is 11.5 Å². The number of alkyl halides is 6. The number of phenolic OH excluding ortho intramolecular Hbond substituents is 1. The summed E-state index contributed by atoms with van der Waals surface area (Å²) in [6, 6.07) is 19.2. The van der Waals surface area contributed by atoms with Gasteiger partial charge >= 0.3 is 19.5 Å². The van der Waals surface area contributed by atoms with Gasteiger partial charge in [-0.05, 0) is 121 Å². The summed E-state index contributed by atoms with van der Waals surface area (Å²) in [7, 11) is -1.43. The summed E-state index contributed by atoms with van der Waals surface area (Å²) in [6.45, 7) is -0.0790. The molecule has 0 saturated carbocycles. The molecule has 4 atom stereocenters. The Kier molecular flexibility index (Phi) is 10.8. The molecule has 3 aliphatic rings. The number of aromatic hydroxyl groups is 1. The highest BCUT2D eigenvalue weighted by Crippen LogP contribution is 2.52. The molecule has 2 fully saturated rings. The fourth-order valence-corrected chi connectivity index (χ4v) is 8.07. The molecule has 1 aromatic heterocycles. The van der Waals surface area contributed by atoms with Crippen molar-refractivity contribution in [2.75, 3.05) is 11.5 Å². The second kappa shape index (κ2) is 15.4. The lowest BCUT2D eigenvalue weighted by atomic mass is 9.58. The van der Waals surface area contributed by atoms with Crippen LogP contribution in [0.4, 0.5) is 32.0 Å². The number of aromatic nitrogens is 1. The van der Waals surface area contributed by atoms with Gasteiger partial charge in [-0.2, -0.15) is 26.3 Å². The maximum absolute atomic E-state index is 14.3. The van der Waals surface area contributed by atoms with Crippen molar-refractivity contribution in [3.05, 3.63) is 130 Å². The van der Waals surface area contributed by atoms with Crippen molar-refractivity contribution < 1.29 is 55.5 Å². The first-order valence-corrected chi connectivity index (χ1v) is 18.0. The zero-order valence-corrected chi connectivity index (χ0v) is 30.0. The molecule has 8 nitrogen and oxygen atoms in total. The van der Waals surface area contributed by atoms with E-state index in [0.29, 0.717) is 50.8 Å². The van der Waals surface area contributed by atoms with Crippen LogP contribution >= 0.6 is 11.6 Å². The van der Waals surface area contributed by atoms with Gasteiger partial charge in [0.2, 0.25) is 11.8 Å². The van der Waals surface area contributed by atoms with E-state index in [1.54, 1.807) is 66.9 Å². The van der Waals surface area contributed by atoms with E-state index in [1.807, 2.05) is 0 Å². The second-order valence-corrected chi connectivity index (χ2v) is 14.2. The van der Waals surface area contributed by atoms with Gasteiger partial charge < -0.3 is 19.5 Å². The van der Waals surface area contributed by atoms with Crippen LogP contribution in [-0.2, 0) is 26.6 Å². The molecule has 4 aromatic rings. The Morgan fingerprint density at radius 2 is 1.62 bits per heavy atom. The van der Waals surface area contributed by atoms with Gasteiger partial charge in [-0.3, -0.25) is 14.6 Å². The van der Waals surface area contributed by atoms with Gasteiger partial charge in [-0.1, -0.05) is 35.9 Å². The number of phenols is 1. The molecule has 290 valence electrons. The SMILES string of the molecule is O=C1[C@@H]2[C@@H](CC(COc3ccccc3)=C3[C@@H](CC/C(=C/c4ccc(O)cc4Cl)c4ccccn4)OB(O)C[C@@H]32)C(=O)N1c1cc(C(F)(F)F)cc(C(F)(F)F)c1. The van der Waals surface area contributed by atoms with Gasteiger partial charge in [-0.15, -0.1) is 0 Å². The van der Waals surface area contributed by atoms with E-state index >= 15 is 0 Å². The van der Waals surface area contributed by atoms with Crippen LogP contribution < -0.4 is 9.64 Å². The summed E-state index contributed by atoms with van der Waals surface area (Å²) >= 11 is 6.44. The van der Waals surface area contributed by atoms with Crippen LogP contribution in [-0.4, -0.2) is 46.8 Å². The van der Waals surface area contributed by atoms with Gasteiger partial charge in [0.1, 0.15) is 18.1 Å². The Labute approximate surface area is 322 Å². The zero-order valence-electron chi connectivity index (χ0n) is 29.2. The van der Waals surface area contributed by atoms with Crippen molar-refractivity contribution in [3.8, 4) is 11.5 Å². The number of allylic oxidation sites excluding steroid dienone is 1. The molecule has 0 spiro atoms. The Bertz CT molecular complexity index is 2170. The Balaban J connectivity index is 1.27. The monoisotopic (exact) mass is 796 g/mol. The minimum absolute atomic E-state index is 0.0256. The summed E-state index contributed by atoms with van der Waals surface area (Å²) in [5.41, 5.74) is -1.16. The van der Waals surface area contributed by atoms with Gasteiger partial charge in [0.25, 0.3) is 0 Å². The Hall–Kier alpha value is -5.12. The van der Waals surface area contributed by atoms with E-state index in [1.165, 1.54) is 12.1 Å². The molecule has 7 rings (SSSR count).